The van der Waals surface area contributed by atoms with E-state index in [1.807, 2.05) is 0 Å². The van der Waals surface area contributed by atoms with Crippen LogP contribution in [0.1, 0.15) is 19.4 Å². The van der Waals surface area contributed by atoms with Gasteiger partial charge in [-0.3, -0.25) is 4.79 Å². The van der Waals surface area contributed by atoms with Crippen molar-refractivity contribution in [2.75, 3.05) is 0 Å². The van der Waals surface area contributed by atoms with E-state index in [0.29, 0.717) is 5.56 Å². The second-order valence-electron chi connectivity index (χ2n) is 3.96. The monoisotopic (exact) mass is 209 g/mol. The number of nitrogens with two attached hydrogens (primary N) is 1. The molecule has 0 bridgehead atoms. The van der Waals surface area contributed by atoms with Crippen molar-refractivity contribution in [1.82, 2.24) is 0 Å². The average molecular weight is 209 g/mol. The van der Waals surface area contributed by atoms with Crippen LogP contribution in [0.2, 0.25) is 0 Å². The Labute approximate surface area is 89.3 Å². The number of Topliss-reactive ketones (excluding diaryl/α,β-unsaturated/α-hetero) is 1. The van der Waals surface area contributed by atoms with Gasteiger partial charge in [-0.25, -0.2) is 4.39 Å². The quantitative estimate of drug-likeness (QED) is 0.823. The van der Waals surface area contributed by atoms with Crippen LogP contribution < -0.4 is 5.73 Å². The molecule has 2 nitrogen and oxygen atoms in total. The van der Waals surface area contributed by atoms with Crippen molar-refractivity contribution < 1.29 is 9.18 Å². The van der Waals surface area contributed by atoms with Gasteiger partial charge in [0.2, 0.25) is 0 Å². The van der Waals surface area contributed by atoms with E-state index in [4.69, 9.17) is 5.73 Å². The van der Waals surface area contributed by atoms with Crippen LogP contribution in [0.25, 0.3) is 0 Å². The topological polar surface area (TPSA) is 43.1 Å². The molecule has 1 rings (SSSR count). The standard InChI is InChI=1S/C12H16FNO/c1-8(2)12(15)11(14)7-9-5-3-4-6-10(9)13/h3-6,8,11H,7,14H2,1-2H3/t11-/m0/s1. The molecule has 1 aromatic carbocycles. The molecule has 2 N–H and O–H groups in total. The third-order valence-corrected chi connectivity index (χ3v) is 2.33. The maximum Gasteiger partial charge on any atom is 0.152 e. The molecule has 82 valence electrons. The highest BCUT2D eigenvalue weighted by Crippen LogP contribution is 2.10. The van der Waals surface area contributed by atoms with Crippen LogP contribution >= 0.6 is 0 Å². The van der Waals surface area contributed by atoms with Gasteiger partial charge in [0.05, 0.1) is 6.04 Å². The summed E-state index contributed by atoms with van der Waals surface area (Å²) in [4.78, 5) is 11.5. The van der Waals surface area contributed by atoms with E-state index in [-0.39, 0.29) is 23.9 Å². The summed E-state index contributed by atoms with van der Waals surface area (Å²) in [5, 5.41) is 0. The molecule has 0 unspecified atom stereocenters. The normalized spacial score (nSPS) is 12.9. The van der Waals surface area contributed by atoms with E-state index in [0.717, 1.165) is 0 Å². The second kappa shape index (κ2) is 5.03. The number of hydrogen-bond acceptors (Lipinski definition) is 2. The van der Waals surface area contributed by atoms with Crippen molar-refractivity contribution in [3.8, 4) is 0 Å². The average Bonchev–Trinajstić information content (AvgIpc) is 2.20. The van der Waals surface area contributed by atoms with Crippen LogP contribution in [0.3, 0.4) is 0 Å². The summed E-state index contributed by atoms with van der Waals surface area (Å²) >= 11 is 0. The van der Waals surface area contributed by atoms with Crippen molar-refractivity contribution in [1.29, 1.82) is 0 Å². The summed E-state index contributed by atoms with van der Waals surface area (Å²) in [5.41, 5.74) is 6.20. The molecule has 1 atom stereocenters. The molecule has 3 heteroatoms. The Morgan fingerprint density at radius 1 is 1.40 bits per heavy atom. The van der Waals surface area contributed by atoms with Crippen LogP contribution in [0.15, 0.2) is 24.3 Å². The summed E-state index contributed by atoms with van der Waals surface area (Å²) in [6.45, 7) is 3.59. The SMILES string of the molecule is CC(C)C(=O)[C@@H](N)Cc1ccccc1F. The van der Waals surface area contributed by atoms with E-state index in [1.54, 1.807) is 32.0 Å². The van der Waals surface area contributed by atoms with Crippen LogP contribution in [-0.4, -0.2) is 11.8 Å². The highest BCUT2D eigenvalue weighted by Gasteiger charge is 2.18. The fourth-order valence-electron chi connectivity index (χ4n) is 1.43. The van der Waals surface area contributed by atoms with Crippen molar-refractivity contribution >= 4 is 5.78 Å². The van der Waals surface area contributed by atoms with Gasteiger partial charge >= 0.3 is 0 Å². The number of rotatable bonds is 4. The first kappa shape index (κ1) is 11.9. The van der Waals surface area contributed by atoms with Crippen LogP contribution in [-0.2, 0) is 11.2 Å². The van der Waals surface area contributed by atoms with Gasteiger partial charge in [-0.2, -0.15) is 0 Å². The molecule has 0 saturated carbocycles. The lowest BCUT2D eigenvalue weighted by Gasteiger charge is -2.13. The lowest BCUT2D eigenvalue weighted by atomic mass is 9.96. The molecule has 0 heterocycles. The molecule has 0 aliphatic rings. The van der Waals surface area contributed by atoms with Gasteiger partial charge in [0.1, 0.15) is 5.82 Å². The Kier molecular flexibility index (Phi) is 3.97. The first-order chi connectivity index (χ1) is 7.02. The van der Waals surface area contributed by atoms with Crippen LogP contribution in [0.5, 0.6) is 0 Å². The number of benzene rings is 1. The largest absolute Gasteiger partial charge is 0.321 e. The first-order valence-corrected chi connectivity index (χ1v) is 5.05. The Morgan fingerprint density at radius 2 is 2.00 bits per heavy atom. The van der Waals surface area contributed by atoms with Gasteiger partial charge in [-0.15, -0.1) is 0 Å². The number of carbonyl (C=O) groups excluding carboxylic acids is 1. The fourth-order valence-corrected chi connectivity index (χ4v) is 1.43. The molecule has 0 radical (unpaired) electrons. The Bertz CT molecular complexity index is 349. The molecular formula is C12H16FNO. The number of carbonyl (C=O) groups is 1. The summed E-state index contributed by atoms with van der Waals surface area (Å²) in [5.74, 6) is -0.436. The minimum atomic E-state index is -0.609. The highest BCUT2D eigenvalue weighted by molar-refractivity contribution is 5.85. The zero-order valence-corrected chi connectivity index (χ0v) is 9.03. The maximum atomic E-state index is 13.2. The van der Waals surface area contributed by atoms with Gasteiger partial charge in [0.25, 0.3) is 0 Å². The lowest BCUT2D eigenvalue weighted by molar-refractivity contribution is -0.123. The smallest absolute Gasteiger partial charge is 0.152 e. The van der Waals surface area contributed by atoms with Crippen LogP contribution in [0.4, 0.5) is 4.39 Å². The minimum Gasteiger partial charge on any atom is -0.321 e. The summed E-state index contributed by atoms with van der Waals surface area (Å²) in [6, 6.07) is 5.78. The molecule has 0 aromatic heterocycles. The molecule has 0 aliphatic carbocycles. The van der Waals surface area contributed by atoms with Crippen molar-refractivity contribution in [3.05, 3.63) is 35.6 Å². The predicted octanol–water partition coefficient (Wildman–Crippen LogP) is 1.92. The van der Waals surface area contributed by atoms with E-state index in [1.165, 1.54) is 6.07 Å². The lowest BCUT2D eigenvalue weighted by Crippen LogP contribution is -2.35. The van der Waals surface area contributed by atoms with Gasteiger partial charge in [0.15, 0.2) is 5.78 Å². The molecular weight excluding hydrogens is 193 g/mol. The van der Waals surface area contributed by atoms with Gasteiger partial charge in [-0.1, -0.05) is 32.0 Å². The zero-order chi connectivity index (χ0) is 11.4. The van der Waals surface area contributed by atoms with E-state index in [9.17, 15) is 9.18 Å². The first-order valence-electron chi connectivity index (χ1n) is 5.05. The third-order valence-electron chi connectivity index (χ3n) is 2.33. The molecule has 0 fully saturated rings. The van der Waals surface area contributed by atoms with Crippen LogP contribution in [0, 0.1) is 11.7 Å². The third kappa shape index (κ3) is 3.13. The number of hydrogen-bond donors (Lipinski definition) is 1. The van der Waals surface area contributed by atoms with Crippen molar-refractivity contribution in [2.24, 2.45) is 11.7 Å². The molecule has 1 aromatic rings. The Balaban J connectivity index is 2.71. The molecule has 0 spiro atoms. The van der Waals surface area contributed by atoms with Gasteiger partial charge < -0.3 is 5.73 Å². The summed E-state index contributed by atoms with van der Waals surface area (Å²) in [7, 11) is 0. The van der Waals surface area contributed by atoms with Crippen molar-refractivity contribution in [3.63, 3.8) is 0 Å². The number of ketones is 1. The van der Waals surface area contributed by atoms with E-state index >= 15 is 0 Å². The minimum absolute atomic E-state index is 0.0294. The summed E-state index contributed by atoms with van der Waals surface area (Å²) < 4.78 is 13.2. The fraction of sp³-hybridized carbons (Fsp3) is 0.417. The Morgan fingerprint density at radius 3 is 2.53 bits per heavy atom. The Hall–Kier alpha value is -1.22. The van der Waals surface area contributed by atoms with Gasteiger partial charge in [-0.05, 0) is 18.1 Å². The second-order valence-corrected chi connectivity index (χ2v) is 3.96. The molecule has 0 saturated heterocycles. The highest BCUT2D eigenvalue weighted by atomic mass is 19.1. The molecule has 15 heavy (non-hydrogen) atoms. The maximum absolute atomic E-state index is 13.2. The molecule has 0 aliphatic heterocycles. The number of halogens is 1. The van der Waals surface area contributed by atoms with E-state index < -0.39 is 6.04 Å². The van der Waals surface area contributed by atoms with Crippen molar-refractivity contribution in [2.45, 2.75) is 26.3 Å². The van der Waals surface area contributed by atoms with E-state index in [2.05, 4.69) is 0 Å². The van der Waals surface area contributed by atoms with Gasteiger partial charge in [0, 0.05) is 5.92 Å². The summed E-state index contributed by atoms with van der Waals surface area (Å²) in [6.07, 6.45) is 0.268. The molecule has 0 amide bonds. The zero-order valence-electron chi connectivity index (χ0n) is 9.03. The predicted molar refractivity (Wildman–Crippen MR) is 57.9 cm³/mol.